The van der Waals surface area contributed by atoms with Gasteiger partial charge in [0.15, 0.2) is 11.5 Å². The van der Waals surface area contributed by atoms with Crippen molar-refractivity contribution in [1.82, 2.24) is 5.32 Å². The third kappa shape index (κ3) is 4.68. The van der Waals surface area contributed by atoms with Gasteiger partial charge in [0.05, 0.1) is 18.7 Å². The molecule has 3 N–H and O–H groups in total. The predicted octanol–water partition coefficient (Wildman–Crippen LogP) is 3.36. The number of amides is 1. The van der Waals surface area contributed by atoms with E-state index in [0.717, 1.165) is 24.0 Å². The molecule has 140 valence electrons. The van der Waals surface area contributed by atoms with Crippen LogP contribution in [0.1, 0.15) is 36.9 Å². The van der Waals surface area contributed by atoms with Gasteiger partial charge in [-0.15, -0.1) is 12.4 Å². The van der Waals surface area contributed by atoms with Crippen molar-refractivity contribution in [3.8, 4) is 11.5 Å². The Morgan fingerprint density at radius 1 is 1.19 bits per heavy atom. The summed E-state index contributed by atoms with van der Waals surface area (Å²) in [7, 11) is 1.61. The van der Waals surface area contributed by atoms with E-state index in [1.54, 1.807) is 7.11 Å². The first-order chi connectivity index (χ1) is 12.0. The zero-order valence-electron chi connectivity index (χ0n) is 15.0. The summed E-state index contributed by atoms with van der Waals surface area (Å²) in [5.74, 6) is 1.22. The van der Waals surface area contributed by atoms with Crippen molar-refractivity contribution in [3.05, 3.63) is 59.7 Å². The van der Waals surface area contributed by atoms with Crippen LogP contribution in [-0.2, 0) is 11.4 Å². The molecule has 2 aromatic rings. The number of methoxy groups -OCH3 is 1. The zero-order chi connectivity index (χ0) is 17.9. The molecule has 6 heteroatoms. The first-order valence-electron chi connectivity index (χ1n) is 8.46. The van der Waals surface area contributed by atoms with Gasteiger partial charge in [0.1, 0.15) is 6.61 Å². The molecule has 5 nitrogen and oxygen atoms in total. The fourth-order valence-electron chi connectivity index (χ4n) is 2.59. The van der Waals surface area contributed by atoms with Crippen molar-refractivity contribution in [2.24, 2.45) is 5.73 Å². The number of rotatable bonds is 7. The Morgan fingerprint density at radius 3 is 2.50 bits per heavy atom. The summed E-state index contributed by atoms with van der Waals surface area (Å²) in [5, 5.41) is 2.97. The van der Waals surface area contributed by atoms with E-state index in [1.807, 2.05) is 55.5 Å². The normalized spacial score (nSPS) is 15.3. The van der Waals surface area contributed by atoms with Gasteiger partial charge in [-0.3, -0.25) is 4.79 Å². The zero-order valence-corrected chi connectivity index (χ0v) is 15.8. The molecule has 1 unspecified atom stereocenters. The maximum absolute atomic E-state index is 12.1. The number of hydrogen-bond acceptors (Lipinski definition) is 4. The molecule has 2 aromatic carbocycles. The molecule has 0 bridgehead atoms. The smallest absolute Gasteiger partial charge is 0.240 e. The fourth-order valence-corrected chi connectivity index (χ4v) is 2.59. The second-order valence-corrected chi connectivity index (χ2v) is 6.54. The minimum Gasteiger partial charge on any atom is -0.493 e. The molecule has 1 atom stereocenters. The minimum atomic E-state index is -0.670. The molecule has 1 aliphatic carbocycles. The Bertz CT molecular complexity index is 748. The van der Waals surface area contributed by atoms with E-state index in [9.17, 15) is 4.79 Å². The molecule has 1 aliphatic rings. The highest BCUT2D eigenvalue weighted by Gasteiger charge is 2.46. The average molecular weight is 377 g/mol. The van der Waals surface area contributed by atoms with Crippen LogP contribution in [0, 0.1) is 0 Å². The SMILES string of the molecule is COc1cc(C(C)NC(=O)C2(N)CC2)ccc1OCc1ccccc1.Cl. The van der Waals surface area contributed by atoms with Gasteiger partial charge in [-0.25, -0.2) is 0 Å². The van der Waals surface area contributed by atoms with Gasteiger partial charge in [-0.1, -0.05) is 36.4 Å². The highest BCUT2D eigenvalue weighted by Crippen LogP contribution is 2.34. The molecule has 1 fully saturated rings. The van der Waals surface area contributed by atoms with Crippen LogP contribution in [0.2, 0.25) is 0 Å². The number of benzene rings is 2. The van der Waals surface area contributed by atoms with E-state index in [0.29, 0.717) is 18.1 Å². The Hall–Kier alpha value is -2.24. The third-order valence-corrected chi connectivity index (χ3v) is 4.51. The summed E-state index contributed by atoms with van der Waals surface area (Å²) >= 11 is 0. The summed E-state index contributed by atoms with van der Waals surface area (Å²) < 4.78 is 11.3. The van der Waals surface area contributed by atoms with Crippen LogP contribution in [0.5, 0.6) is 11.5 Å². The summed E-state index contributed by atoms with van der Waals surface area (Å²) in [4.78, 5) is 12.1. The molecule has 0 aromatic heterocycles. The van der Waals surface area contributed by atoms with E-state index in [-0.39, 0.29) is 24.4 Å². The van der Waals surface area contributed by atoms with Crippen LogP contribution in [-0.4, -0.2) is 18.6 Å². The van der Waals surface area contributed by atoms with Crippen LogP contribution >= 0.6 is 12.4 Å². The van der Waals surface area contributed by atoms with Crippen molar-refractivity contribution < 1.29 is 14.3 Å². The van der Waals surface area contributed by atoms with Gasteiger partial charge in [0.2, 0.25) is 5.91 Å². The second-order valence-electron chi connectivity index (χ2n) is 6.54. The van der Waals surface area contributed by atoms with Gasteiger partial charge in [-0.2, -0.15) is 0 Å². The number of nitrogens with two attached hydrogens (primary N) is 1. The molecule has 1 saturated carbocycles. The third-order valence-electron chi connectivity index (χ3n) is 4.51. The second kappa shape index (κ2) is 8.43. The first-order valence-corrected chi connectivity index (χ1v) is 8.46. The summed E-state index contributed by atoms with van der Waals surface area (Å²) in [6, 6.07) is 15.5. The van der Waals surface area contributed by atoms with Crippen LogP contribution in [0.3, 0.4) is 0 Å². The lowest BCUT2D eigenvalue weighted by atomic mass is 10.1. The lowest BCUT2D eigenvalue weighted by Crippen LogP contribution is -2.43. The van der Waals surface area contributed by atoms with Gasteiger partial charge in [0.25, 0.3) is 0 Å². The van der Waals surface area contributed by atoms with Crippen molar-refractivity contribution in [1.29, 1.82) is 0 Å². The van der Waals surface area contributed by atoms with E-state index in [4.69, 9.17) is 15.2 Å². The van der Waals surface area contributed by atoms with Gasteiger partial charge >= 0.3 is 0 Å². The topological polar surface area (TPSA) is 73.6 Å². The van der Waals surface area contributed by atoms with Crippen molar-refractivity contribution in [2.45, 2.75) is 38.0 Å². The van der Waals surface area contributed by atoms with Crippen molar-refractivity contribution >= 4 is 18.3 Å². The largest absolute Gasteiger partial charge is 0.493 e. The lowest BCUT2D eigenvalue weighted by Gasteiger charge is -2.19. The Labute approximate surface area is 160 Å². The van der Waals surface area contributed by atoms with E-state index >= 15 is 0 Å². The molecule has 26 heavy (non-hydrogen) atoms. The fraction of sp³-hybridized carbons (Fsp3) is 0.350. The van der Waals surface area contributed by atoms with Crippen LogP contribution < -0.4 is 20.5 Å². The number of carbonyl (C=O) groups excluding carboxylic acids is 1. The van der Waals surface area contributed by atoms with E-state index in [2.05, 4.69) is 5.32 Å². The molecule has 3 rings (SSSR count). The maximum Gasteiger partial charge on any atom is 0.240 e. The molecule has 0 saturated heterocycles. The number of hydrogen-bond donors (Lipinski definition) is 2. The number of ether oxygens (including phenoxy) is 2. The number of halogens is 1. The van der Waals surface area contributed by atoms with Crippen molar-refractivity contribution in [3.63, 3.8) is 0 Å². The molecule has 0 spiro atoms. The lowest BCUT2D eigenvalue weighted by molar-refractivity contribution is -0.123. The Morgan fingerprint density at radius 2 is 1.88 bits per heavy atom. The standard InChI is InChI=1S/C20H24N2O3.ClH/c1-14(22-19(23)20(21)10-11-20)16-8-9-17(18(12-16)24-2)25-13-15-6-4-3-5-7-15;/h3-9,12,14H,10-11,13,21H2,1-2H3,(H,22,23);1H. The van der Waals surface area contributed by atoms with Crippen molar-refractivity contribution in [2.75, 3.05) is 7.11 Å². The summed E-state index contributed by atoms with van der Waals surface area (Å²) in [6.45, 7) is 2.40. The first kappa shape index (κ1) is 20.1. The van der Waals surface area contributed by atoms with E-state index in [1.165, 1.54) is 0 Å². The van der Waals surface area contributed by atoms with Crippen LogP contribution in [0.25, 0.3) is 0 Å². The number of nitrogens with one attached hydrogen (secondary N) is 1. The van der Waals surface area contributed by atoms with Crippen LogP contribution in [0.15, 0.2) is 48.5 Å². The molecule has 1 amide bonds. The summed E-state index contributed by atoms with van der Waals surface area (Å²) in [5.41, 5.74) is 7.30. The average Bonchev–Trinajstić information content (AvgIpc) is 3.39. The summed E-state index contributed by atoms with van der Waals surface area (Å²) in [6.07, 6.45) is 1.50. The maximum atomic E-state index is 12.1. The minimum absolute atomic E-state index is 0. The van der Waals surface area contributed by atoms with Crippen LogP contribution in [0.4, 0.5) is 0 Å². The van der Waals surface area contributed by atoms with Gasteiger partial charge < -0.3 is 20.5 Å². The quantitative estimate of drug-likeness (QED) is 0.777. The van der Waals surface area contributed by atoms with E-state index < -0.39 is 5.54 Å². The highest BCUT2D eigenvalue weighted by atomic mass is 35.5. The number of carbonyl (C=O) groups is 1. The Kier molecular flexibility index (Phi) is 6.51. The highest BCUT2D eigenvalue weighted by molar-refractivity contribution is 5.89. The van der Waals surface area contributed by atoms with Gasteiger partial charge in [-0.05, 0) is 43.0 Å². The molecule has 0 aliphatic heterocycles. The molecule has 0 heterocycles. The Balaban J connectivity index is 0.00000243. The molecule has 0 radical (unpaired) electrons. The predicted molar refractivity (Wildman–Crippen MR) is 104 cm³/mol. The molecular weight excluding hydrogens is 352 g/mol. The van der Waals surface area contributed by atoms with Gasteiger partial charge in [0, 0.05) is 0 Å². The monoisotopic (exact) mass is 376 g/mol. The molecular formula is C20H25ClN2O3.